The Hall–Kier alpha value is -1.53. The van der Waals surface area contributed by atoms with Crippen LogP contribution in [0, 0.1) is 17.1 Å². The Balaban J connectivity index is 2.51. The van der Waals surface area contributed by atoms with E-state index in [-0.39, 0.29) is 24.7 Å². The molecule has 0 bridgehead atoms. The number of rotatable bonds is 2. The molecule has 6 nitrogen and oxygen atoms in total. The van der Waals surface area contributed by atoms with Gasteiger partial charge < -0.3 is 10.5 Å². The van der Waals surface area contributed by atoms with Gasteiger partial charge in [0.2, 0.25) is 10.0 Å². The molecule has 1 saturated heterocycles. The lowest BCUT2D eigenvalue weighted by molar-refractivity contribution is 0.0350. The van der Waals surface area contributed by atoms with Gasteiger partial charge in [-0.15, -0.1) is 0 Å². The third-order valence-corrected chi connectivity index (χ3v) is 4.76. The molecule has 102 valence electrons. The van der Waals surface area contributed by atoms with Gasteiger partial charge in [0.25, 0.3) is 0 Å². The highest BCUT2D eigenvalue weighted by Gasteiger charge is 2.34. The maximum atomic E-state index is 13.5. The summed E-state index contributed by atoms with van der Waals surface area (Å²) in [4.78, 5) is -0.368. The molecular formula is C11H12FN3O3S. The lowest BCUT2D eigenvalue weighted by Gasteiger charge is -2.32. The average Bonchev–Trinajstić information content (AvgIpc) is 2.38. The summed E-state index contributed by atoms with van der Waals surface area (Å²) in [5, 5.41) is 8.90. The second-order valence-electron chi connectivity index (χ2n) is 3.98. The molecule has 1 aliphatic rings. The molecular weight excluding hydrogens is 273 g/mol. The fourth-order valence-electron chi connectivity index (χ4n) is 1.86. The summed E-state index contributed by atoms with van der Waals surface area (Å²) < 4.78 is 44.4. The van der Waals surface area contributed by atoms with Crippen LogP contribution in [0.15, 0.2) is 23.1 Å². The highest BCUT2D eigenvalue weighted by molar-refractivity contribution is 7.89. The van der Waals surface area contributed by atoms with Crippen LogP contribution in [0.25, 0.3) is 0 Å². The molecule has 0 saturated carbocycles. The van der Waals surface area contributed by atoms with Crippen LogP contribution in [0.4, 0.5) is 4.39 Å². The van der Waals surface area contributed by atoms with Crippen LogP contribution >= 0.6 is 0 Å². The van der Waals surface area contributed by atoms with Crippen LogP contribution in [0.3, 0.4) is 0 Å². The zero-order chi connectivity index (χ0) is 14.0. The third kappa shape index (κ3) is 2.46. The van der Waals surface area contributed by atoms with Crippen LogP contribution < -0.4 is 5.73 Å². The van der Waals surface area contributed by atoms with Gasteiger partial charge in [0.15, 0.2) is 0 Å². The fourth-order valence-corrected chi connectivity index (χ4v) is 3.50. The molecule has 0 spiro atoms. The first-order chi connectivity index (χ1) is 8.98. The topological polar surface area (TPSA) is 96.4 Å². The number of benzene rings is 1. The molecule has 8 heteroatoms. The van der Waals surface area contributed by atoms with Gasteiger partial charge in [0.1, 0.15) is 22.3 Å². The molecule has 0 aromatic heterocycles. The van der Waals surface area contributed by atoms with Crippen molar-refractivity contribution in [3.05, 3.63) is 29.6 Å². The minimum absolute atomic E-state index is 0.0659. The molecule has 0 aliphatic carbocycles. The van der Waals surface area contributed by atoms with E-state index in [4.69, 9.17) is 15.7 Å². The van der Waals surface area contributed by atoms with Crippen molar-refractivity contribution >= 4 is 10.0 Å². The normalized spacial score (nSPS) is 21.0. The van der Waals surface area contributed by atoms with Gasteiger partial charge in [-0.3, -0.25) is 0 Å². The third-order valence-electron chi connectivity index (χ3n) is 2.79. The van der Waals surface area contributed by atoms with Crippen molar-refractivity contribution in [3.8, 4) is 6.07 Å². The van der Waals surface area contributed by atoms with Crippen LogP contribution in [0.5, 0.6) is 0 Å². The van der Waals surface area contributed by atoms with E-state index < -0.39 is 27.6 Å². The number of sulfonamides is 1. The summed E-state index contributed by atoms with van der Waals surface area (Å²) >= 11 is 0. The minimum Gasteiger partial charge on any atom is -0.377 e. The van der Waals surface area contributed by atoms with Crippen molar-refractivity contribution in [3.63, 3.8) is 0 Å². The van der Waals surface area contributed by atoms with Crippen molar-refractivity contribution in [2.24, 2.45) is 5.73 Å². The van der Waals surface area contributed by atoms with Gasteiger partial charge in [0, 0.05) is 6.54 Å². The first-order valence-corrected chi connectivity index (χ1v) is 6.96. The Bertz CT molecular complexity index is 627. The largest absolute Gasteiger partial charge is 0.377 e. The lowest BCUT2D eigenvalue weighted by Crippen LogP contribution is -2.53. The molecule has 1 heterocycles. The van der Waals surface area contributed by atoms with Gasteiger partial charge >= 0.3 is 0 Å². The molecule has 1 aromatic carbocycles. The fraction of sp³-hybridized carbons (Fsp3) is 0.364. The highest BCUT2D eigenvalue weighted by atomic mass is 32.2. The molecule has 1 fully saturated rings. The van der Waals surface area contributed by atoms with E-state index in [9.17, 15) is 12.8 Å². The van der Waals surface area contributed by atoms with Gasteiger partial charge in [-0.25, -0.2) is 12.8 Å². The number of nitrogens with two attached hydrogens (primary N) is 1. The van der Waals surface area contributed by atoms with Gasteiger partial charge in [-0.1, -0.05) is 6.07 Å². The summed E-state index contributed by atoms with van der Waals surface area (Å²) in [7, 11) is -4.01. The molecule has 0 radical (unpaired) electrons. The summed E-state index contributed by atoms with van der Waals surface area (Å²) in [6.07, 6.45) is -0.839. The standard InChI is InChI=1S/C11H12FN3O3S/c12-9-2-1-3-10(8(9)6-13)19(16,17)15-4-5-18-7-11(15)14/h1-3,11H,4-5,7,14H2. The van der Waals surface area contributed by atoms with Crippen LogP contribution in [0.1, 0.15) is 5.56 Å². The number of hydrogen-bond donors (Lipinski definition) is 1. The Morgan fingerprint density at radius 2 is 2.26 bits per heavy atom. The zero-order valence-corrected chi connectivity index (χ0v) is 10.7. The van der Waals surface area contributed by atoms with E-state index in [1.54, 1.807) is 6.07 Å². The van der Waals surface area contributed by atoms with E-state index >= 15 is 0 Å². The number of nitrogens with zero attached hydrogens (tertiary/aromatic N) is 2. The molecule has 1 aromatic rings. The average molecular weight is 285 g/mol. The van der Waals surface area contributed by atoms with Crippen LogP contribution in [-0.2, 0) is 14.8 Å². The summed E-state index contributed by atoms with van der Waals surface area (Å²) in [5.74, 6) is -0.870. The van der Waals surface area contributed by atoms with Gasteiger partial charge in [-0.2, -0.15) is 9.57 Å². The minimum atomic E-state index is -4.01. The molecule has 2 N–H and O–H groups in total. The Morgan fingerprint density at radius 3 is 2.89 bits per heavy atom. The van der Waals surface area contributed by atoms with Gasteiger partial charge in [0.05, 0.1) is 19.4 Å². The molecule has 2 rings (SSSR count). The maximum Gasteiger partial charge on any atom is 0.246 e. The predicted molar refractivity (Wildman–Crippen MR) is 63.8 cm³/mol. The van der Waals surface area contributed by atoms with E-state index in [2.05, 4.69) is 0 Å². The summed E-state index contributed by atoms with van der Waals surface area (Å²) in [6.45, 7) is 0.353. The van der Waals surface area contributed by atoms with Crippen molar-refractivity contribution < 1.29 is 17.5 Å². The summed E-state index contributed by atoms with van der Waals surface area (Å²) in [5.41, 5.74) is 5.18. The summed E-state index contributed by atoms with van der Waals surface area (Å²) in [6, 6.07) is 5.05. The second-order valence-corrected chi connectivity index (χ2v) is 5.84. The number of morpholine rings is 1. The van der Waals surface area contributed by atoms with E-state index in [0.717, 1.165) is 10.4 Å². The number of halogens is 1. The first kappa shape index (κ1) is 13.9. The molecule has 19 heavy (non-hydrogen) atoms. The number of nitriles is 1. The van der Waals surface area contributed by atoms with Crippen molar-refractivity contribution in [2.45, 2.75) is 11.1 Å². The van der Waals surface area contributed by atoms with Crippen molar-refractivity contribution in [1.29, 1.82) is 5.26 Å². The van der Waals surface area contributed by atoms with Crippen molar-refractivity contribution in [1.82, 2.24) is 4.31 Å². The Kier molecular flexibility index (Phi) is 3.82. The lowest BCUT2D eigenvalue weighted by atomic mass is 10.2. The molecule has 1 atom stereocenters. The quantitative estimate of drug-likeness (QED) is 0.825. The SMILES string of the molecule is N#Cc1c(F)cccc1S(=O)(=O)N1CCOCC1N. The smallest absolute Gasteiger partial charge is 0.246 e. The molecule has 1 unspecified atom stereocenters. The predicted octanol–water partition coefficient (Wildman–Crippen LogP) is 0.00308. The van der Waals surface area contributed by atoms with Crippen molar-refractivity contribution in [2.75, 3.05) is 19.8 Å². The van der Waals surface area contributed by atoms with E-state index in [1.165, 1.54) is 12.1 Å². The van der Waals surface area contributed by atoms with Crippen LogP contribution in [-0.4, -0.2) is 38.6 Å². The Morgan fingerprint density at radius 1 is 1.53 bits per heavy atom. The van der Waals surface area contributed by atoms with Crippen LogP contribution in [0.2, 0.25) is 0 Å². The number of ether oxygens (including phenoxy) is 1. The highest BCUT2D eigenvalue weighted by Crippen LogP contribution is 2.23. The maximum absolute atomic E-state index is 13.5. The number of hydrogen-bond acceptors (Lipinski definition) is 5. The Labute approximate surface area is 110 Å². The first-order valence-electron chi connectivity index (χ1n) is 5.52. The monoisotopic (exact) mass is 285 g/mol. The van der Waals surface area contributed by atoms with E-state index in [0.29, 0.717) is 0 Å². The molecule has 1 aliphatic heterocycles. The zero-order valence-electron chi connectivity index (χ0n) is 9.91. The van der Waals surface area contributed by atoms with E-state index in [1.807, 2.05) is 0 Å². The second kappa shape index (κ2) is 5.22. The van der Waals surface area contributed by atoms with Gasteiger partial charge in [-0.05, 0) is 12.1 Å². The molecule has 0 amide bonds.